The minimum atomic E-state index is -0.679. The molecule has 0 bridgehead atoms. The summed E-state index contributed by atoms with van der Waals surface area (Å²) in [4.78, 5) is 17.3. The van der Waals surface area contributed by atoms with Gasteiger partial charge in [-0.2, -0.15) is 0 Å². The molecule has 2 rings (SSSR count). The zero-order chi connectivity index (χ0) is 11.6. The first kappa shape index (κ1) is 13.8. The van der Waals surface area contributed by atoms with Gasteiger partial charge in [0.15, 0.2) is 0 Å². The number of carboxylic acids is 1. The number of aromatic nitrogens is 1. The highest BCUT2D eigenvalue weighted by atomic mass is 35.5. The topological polar surface area (TPSA) is 53.4 Å². The molecule has 1 aromatic heterocycles. The van der Waals surface area contributed by atoms with Gasteiger partial charge in [-0.05, 0) is 31.9 Å². The van der Waals surface area contributed by atoms with Crippen molar-refractivity contribution in [2.45, 2.75) is 19.8 Å². The molecule has 0 saturated carbocycles. The first-order valence-electron chi connectivity index (χ1n) is 5.50. The molecule has 1 N–H and O–H groups in total. The van der Waals surface area contributed by atoms with E-state index in [9.17, 15) is 4.79 Å². The molecule has 0 unspecified atom stereocenters. The average molecular weight is 257 g/mol. The van der Waals surface area contributed by atoms with E-state index in [4.69, 9.17) is 5.11 Å². The van der Waals surface area contributed by atoms with E-state index < -0.39 is 11.4 Å². The van der Waals surface area contributed by atoms with E-state index >= 15 is 0 Å². The maximum atomic E-state index is 11.1. The summed E-state index contributed by atoms with van der Waals surface area (Å²) in [5, 5.41) is 9.13. The highest BCUT2D eigenvalue weighted by molar-refractivity contribution is 5.85. The van der Waals surface area contributed by atoms with E-state index in [1.807, 2.05) is 19.1 Å². The maximum Gasteiger partial charge on any atom is 0.309 e. The summed E-state index contributed by atoms with van der Waals surface area (Å²) in [7, 11) is 0. The zero-order valence-electron chi connectivity index (χ0n) is 9.80. The molecular weight excluding hydrogens is 240 g/mol. The summed E-state index contributed by atoms with van der Waals surface area (Å²) in [6, 6.07) is 3.92. The Bertz CT molecular complexity index is 375. The molecule has 5 heteroatoms. The van der Waals surface area contributed by atoms with Crippen LogP contribution in [0.5, 0.6) is 0 Å². The second-order valence-electron chi connectivity index (χ2n) is 4.56. The fourth-order valence-corrected chi connectivity index (χ4v) is 2.03. The van der Waals surface area contributed by atoms with Crippen LogP contribution in [0, 0.1) is 5.41 Å². The van der Waals surface area contributed by atoms with Gasteiger partial charge in [0.2, 0.25) is 0 Å². The number of aliphatic carboxylic acids is 1. The molecule has 1 aromatic rings. The Morgan fingerprint density at radius 3 is 2.35 bits per heavy atom. The second kappa shape index (κ2) is 5.36. The lowest BCUT2D eigenvalue weighted by Crippen LogP contribution is -2.42. The Kier molecular flexibility index (Phi) is 4.34. The average Bonchev–Trinajstić information content (AvgIpc) is 2.31. The minimum absolute atomic E-state index is 0. The standard InChI is InChI=1S/C12H16N2O2.ClH/c1-12(11(15)16)4-8-14(9-5-12)10-2-6-13-7-3-10;/h2-3,6-7H,4-5,8-9H2,1H3,(H,15,16);1H. The van der Waals surface area contributed by atoms with Gasteiger partial charge in [-0.3, -0.25) is 9.78 Å². The van der Waals surface area contributed by atoms with Gasteiger partial charge in [0, 0.05) is 31.2 Å². The number of halogens is 1. The molecular formula is C12H17ClN2O2. The Hall–Kier alpha value is -1.29. The predicted octanol–water partition coefficient (Wildman–Crippen LogP) is 2.19. The van der Waals surface area contributed by atoms with Gasteiger partial charge in [-0.15, -0.1) is 12.4 Å². The summed E-state index contributed by atoms with van der Waals surface area (Å²) >= 11 is 0. The van der Waals surface area contributed by atoms with Crippen LogP contribution in [0.25, 0.3) is 0 Å². The van der Waals surface area contributed by atoms with Crippen LogP contribution in [0.1, 0.15) is 19.8 Å². The minimum Gasteiger partial charge on any atom is -0.481 e. The number of pyridine rings is 1. The Morgan fingerprint density at radius 2 is 1.88 bits per heavy atom. The molecule has 0 aliphatic carbocycles. The van der Waals surface area contributed by atoms with Gasteiger partial charge >= 0.3 is 5.97 Å². The molecule has 1 saturated heterocycles. The molecule has 0 atom stereocenters. The number of carbonyl (C=O) groups is 1. The van der Waals surface area contributed by atoms with E-state index in [2.05, 4.69) is 9.88 Å². The molecule has 4 nitrogen and oxygen atoms in total. The zero-order valence-corrected chi connectivity index (χ0v) is 10.6. The van der Waals surface area contributed by atoms with Crippen LogP contribution in [0.4, 0.5) is 5.69 Å². The van der Waals surface area contributed by atoms with Crippen molar-refractivity contribution < 1.29 is 9.90 Å². The van der Waals surface area contributed by atoms with Gasteiger partial charge in [-0.25, -0.2) is 0 Å². The molecule has 94 valence electrons. The number of piperidine rings is 1. The largest absolute Gasteiger partial charge is 0.481 e. The van der Waals surface area contributed by atoms with Crippen molar-refractivity contribution in [2.75, 3.05) is 18.0 Å². The van der Waals surface area contributed by atoms with E-state index in [1.54, 1.807) is 12.4 Å². The summed E-state index contributed by atoms with van der Waals surface area (Å²) in [6.45, 7) is 3.43. The second-order valence-corrected chi connectivity index (χ2v) is 4.56. The summed E-state index contributed by atoms with van der Waals surface area (Å²) in [6.07, 6.45) is 4.93. The van der Waals surface area contributed by atoms with Crippen LogP contribution in [0.2, 0.25) is 0 Å². The number of rotatable bonds is 2. The molecule has 0 spiro atoms. The summed E-state index contributed by atoms with van der Waals surface area (Å²) in [5.74, 6) is -0.679. The molecule has 0 aromatic carbocycles. The van der Waals surface area contributed by atoms with Crippen LogP contribution in [-0.2, 0) is 4.79 Å². The van der Waals surface area contributed by atoms with E-state index in [0.717, 1.165) is 18.8 Å². The van der Waals surface area contributed by atoms with Crippen molar-refractivity contribution in [1.29, 1.82) is 0 Å². The normalized spacial score (nSPS) is 18.3. The number of nitrogens with zero attached hydrogens (tertiary/aromatic N) is 2. The molecule has 1 aliphatic heterocycles. The molecule has 17 heavy (non-hydrogen) atoms. The fourth-order valence-electron chi connectivity index (χ4n) is 2.03. The van der Waals surface area contributed by atoms with Gasteiger partial charge in [0.05, 0.1) is 5.41 Å². The lowest BCUT2D eigenvalue weighted by atomic mass is 9.80. The van der Waals surface area contributed by atoms with Crippen molar-refractivity contribution >= 4 is 24.1 Å². The first-order valence-corrected chi connectivity index (χ1v) is 5.50. The first-order chi connectivity index (χ1) is 7.62. The van der Waals surface area contributed by atoms with Crippen molar-refractivity contribution in [3.8, 4) is 0 Å². The lowest BCUT2D eigenvalue weighted by Gasteiger charge is -2.37. The third-order valence-electron chi connectivity index (χ3n) is 3.41. The van der Waals surface area contributed by atoms with Gasteiger partial charge < -0.3 is 10.0 Å². The lowest BCUT2D eigenvalue weighted by molar-refractivity contribution is -0.149. The van der Waals surface area contributed by atoms with Crippen LogP contribution >= 0.6 is 12.4 Å². The third kappa shape index (κ3) is 2.88. The third-order valence-corrected chi connectivity index (χ3v) is 3.41. The highest BCUT2D eigenvalue weighted by Gasteiger charge is 2.36. The Labute approximate surface area is 107 Å². The number of anilines is 1. The van der Waals surface area contributed by atoms with Gasteiger partial charge in [0.1, 0.15) is 0 Å². The fraction of sp³-hybridized carbons (Fsp3) is 0.500. The van der Waals surface area contributed by atoms with Crippen LogP contribution in [0.3, 0.4) is 0 Å². The number of hydrogen-bond acceptors (Lipinski definition) is 3. The Balaban J connectivity index is 0.00000144. The quantitative estimate of drug-likeness (QED) is 0.881. The highest BCUT2D eigenvalue weighted by Crippen LogP contribution is 2.32. The van der Waals surface area contributed by atoms with Crippen molar-refractivity contribution in [1.82, 2.24) is 4.98 Å². The van der Waals surface area contributed by atoms with Gasteiger partial charge in [-0.1, -0.05) is 0 Å². The molecule has 1 aliphatic rings. The SMILES string of the molecule is CC1(C(=O)O)CCN(c2ccncc2)CC1.Cl. The van der Waals surface area contributed by atoms with Crippen LogP contribution < -0.4 is 4.90 Å². The van der Waals surface area contributed by atoms with E-state index in [-0.39, 0.29) is 12.4 Å². The molecule has 0 radical (unpaired) electrons. The van der Waals surface area contributed by atoms with E-state index in [0.29, 0.717) is 12.8 Å². The van der Waals surface area contributed by atoms with E-state index in [1.165, 1.54) is 0 Å². The maximum absolute atomic E-state index is 11.1. The molecule has 2 heterocycles. The van der Waals surface area contributed by atoms with Crippen LogP contribution in [-0.4, -0.2) is 29.1 Å². The Morgan fingerprint density at radius 1 is 1.35 bits per heavy atom. The van der Waals surface area contributed by atoms with Crippen molar-refractivity contribution in [3.63, 3.8) is 0 Å². The number of carboxylic acid groups (broad SMARTS) is 1. The van der Waals surface area contributed by atoms with Gasteiger partial charge in [0.25, 0.3) is 0 Å². The summed E-state index contributed by atoms with van der Waals surface area (Å²) < 4.78 is 0. The smallest absolute Gasteiger partial charge is 0.309 e. The van der Waals surface area contributed by atoms with Crippen molar-refractivity contribution in [3.05, 3.63) is 24.5 Å². The van der Waals surface area contributed by atoms with Crippen LogP contribution in [0.15, 0.2) is 24.5 Å². The predicted molar refractivity (Wildman–Crippen MR) is 68.7 cm³/mol. The monoisotopic (exact) mass is 256 g/mol. The molecule has 0 amide bonds. The summed E-state index contributed by atoms with van der Waals surface area (Å²) in [5.41, 5.74) is 0.575. The number of hydrogen-bond donors (Lipinski definition) is 1. The molecule has 1 fully saturated rings. The van der Waals surface area contributed by atoms with Crippen molar-refractivity contribution in [2.24, 2.45) is 5.41 Å².